The smallest absolute Gasteiger partial charge is 0.228 e. The Bertz CT molecular complexity index is 667. The average Bonchev–Trinajstić information content (AvgIpc) is 3.15. The van der Waals surface area contributed by atoms with E-state index in [2.05, 4.69) is 25.3 Å². The molecule has 0 aliphatic rings. The lowest BCUT2D eigenvalue weighted by Crippen LogP contribution is -2.15. The number of hydrogen-bond donors (Lipinski definition) is 1. The second-order valence-corrected chi connectivity index (χ2v) is 4.66. The molecule has 0 amide bonds. The summed E-state index contributed by atoms with van der Waals surface area (Å²) in [5.41, 5.74) is 6.62. The van der Waals surface area contributed by atoms with Crippen LogP contribution in [0.1, 0.15) is 23.5 Å². The highest BCUT2D eigenvalue weighted by molar-refractivity contribution is 5.21. The molecular formula is C14H17N5O. The van der Waals surface area contributed by atoms with Crippen LogP contribution in [0.5, 0.6) is 0 Å². The summed E-state index contributed by atoms with van der Waals surface area (Å²) in [6.07, 6.45) is 6.60. The maximum atomic E-state index is 5.52. The first-order chi connectivity index (χ1) is 9.79. The Kier molecular flexibility index (Phi) is 3.39. The Balaban J connectivity index is 2.03. The zero-order valence-corrected chi connectivity index (χ0v) is 11.3. The van der Waals surface area contributed by atoms with E-state index < -0.39 is 0 Å². The van der Waals surface area contributed by atoms with Crippen molar-refractivity contribution in [1.82, 2.24) is 19.3 Å². The van der Waals surface area contributed by atoms with Crippen molar-refractivity contribution in [1.29, 1.82) is 0 Å². The summed E-state index contributed by atoms with van der Waals surface area (Å²) in [5, 5.41) is 4.11. The zero-order chi connectivity index (χ0) is 13.9. The van der Waals surface area contributed by atoms with Crippen molar-refractivity contribution in [2.24, 2.45) is 12.8 Å². The molecule has 0 bridgehead atoms. The topological polar surface area (TPSA) is 74.8 Å². The minimum atomic E-state index is -0.0970. The molecule has 0 saturated carbocycles. The Morgan fingerprint density at radius 1 is 1.25 bits per heavy atom. The van der Waals surface area contributed by atoms with Gasteiger partial charge in [0, 0.05) is 44.3 Å². The third kappa shape index (κ3) is 2.25. The van der Waals surface area contributed by atoms with E-state index in [-0.39, 0.29) is 6.04 Å². The van der Waals surface area contributed by atoms with Crippen molar-refractivity contribution >= 4 is 0 Å². The Hall–Kier alpha value is -2.34. The lowest BCUT2D eigenvalue weighted by atomic mass is 10.2. The van der Waals surface area contributed by atoms with Gasteiger partial charge < -0.3 is 19.4 Å². The first-order valence-electron chi connectivity index (χ1n) is 6.56. The second kappa shape index (κ2) is 5.34. The molecule has 104 valence electrons. The van der Waals surface area contributed by atoms with Gasteiger partial charge in [0.25, 0.3) is 0 Å². The van der Waals surface area contributed by atoms with Crippen LogP contribution in [-0.2, 0) is 13.5 Å². The first kappa shape index (κ1) is 12.7. The maximum Gasteiger partial charge on any atom is 0.228 e. The van der Waals surface area contributed by atoms with Gasteiger partial charge in [0.05, 0.1) is 0 Å². The predicted octanol–water partition coefficient (Wildman–Crippen LogP) is 1.35. The van der Waals surface area contributed by atoms with Gasteiger partial charge in [-0.2, -0.15) is 4.98 Å². The van der Waals surface area contributed by atoms with Gasteiger partial charge >= 0.3 is 0 Å². The van der Waals surface area contributed by atoms with E-state index in [1.54, 1.807) is 0 Å². The van der Waals surface area contributed by atoms with Crippen molar-refractivity contribution < 1.29 is 4.52 Å². The Labute approximate surface area is 116 Å². The minimum Gasteiger partial charge on any atom is -0.352 e. The van der Waals surface area contributed by atoms with E-state index in [0.29, 0.717) is 24.7 Å². The lowest BCUT2D eigenvalue weighted by molar-refractivity contribution is 0.370. The largest absolute Gasteiger partial charge is 0.352 e. The van der Waals surface area contributed by atoms with Crippen LogP contribution in [0.2, 0.25) is 0 Å². The van der Waals surface area contributed by atoms with E-state index in [9.17, 15) is 0 Å². The van der Waals surface area contributed by atoms with E-state index in [1.165, 1.54) is 0 Å². The van der Waals surface area contributed by atoms with E-state index >= 15 is 0 Å². The highest BCUT2D eigenvalue weighted by Gasteiger charge is 2.23. The molecular weight excluding hydrogens is 254 g/mol. The fraction of sp³-hybridized carbons (Fsp3) is 0.286. The van der Waals surface area contributed by atoms with Crippen molar-refractivity contribution in [2.45, 2.75) is 12.5 Å². The highest BCUT2D eigenvalue weighted by Crippen LogP contribution is 2.24. The standard InChI is InChI=1S/C14H17N5O/c1-18-8-4-5-11(18)13(19-9-2-3-10-19)14-16-12(6-7-15)20-17-14/h2-5,8-10,13H,6-7,15H2,1H3/t13-/m0/s1. The number of nitrogens with two attached hydrogens (primary N) is 1. The maximum absolute atomic E-state index is 5.52. The van der Waals surface area contributed by atoms with Crippen LogP contribution in [0.4, 0.5) is 0 Å². The van der Waals surface area contributed by atoms with E-state index in [4.69, 9.17) is 10.3 Å². The summed E-state index contributed by atoms with van der Waals surface area (Å²) in [6, 6.07) is 7.93. The summed E-state index contributed by atoms with van der Waals surface area (Å²) in [4.78, 5) is 4.46. The molecule has 3 aromatic rings. The van der Waals surface area contributed by atoms with Crippen LogP contribution in [0.25, 0.3) is 0 Å². The van der Waals surface area contributed by atoms with Crippen LogP contribution in [-0.4, -0.2) is 25.8 Å². The Morgan fingerprint density at radius 2 is 2.05 bits per heavy atom. The van der Waals surface area contributed by atoms with Crippen LogP contribution < -0.4 is 5.73 Å². The van der Waals surface area contributed by atoms with Crippen LogP contribution in [0.15, 0.2) is 47.4 Å². The molecule has 0 saturated heterocycles. The molecule has 3 aromatic heterocycles. The molecule has 0 aromatic carbocycles. The van der Waals surface area contributed by atoms with E-state index in [1.807, 2.05) is 43.8 Å². The number of nitrogens with zero attached hydrogens (tertiary/aromatic N) is 4. The van der Waals surface area contributed by atoms with Crippen molar-refractivity contribution in [3.63, 3.8) is 0 Å². The molecule has 3 heterocycles. The predicted molar refractivity (Wildman–Crippen MR) is 74.1 cm³/mol. The summed E-state index contributed by atoms with van der Waals surface area (Å²) < 4.78 is 9.38. The third-order valence-electron chi connectivity index (χ3n) is 3.28. The quantitative estimate of drug-likeness (QED) is 0.760. The van der Waals surface area contributed by atoms with Crippen LogP contribution >= 0.6 is 0 Å². The molecule has 1 atom stereocenters. The van der Waals surface area contributed by atoms with Gasteiger partial charge in [-0.3, -0.25) is 0 Å². The van der Waals surface area contributed by atoms with Gasteiger partial charge in [0.1, 0.15) is 6.04 Å². The summed E-state index contributed by atoms with van der Waals surface area (Å²) in [7, 11) is 2.01. The molecule has 0 aliphatic heterocycles. The van der Waals surface area contributed by atoms with Gasteiger partial charge in [0.2, 0.25) is 11.7 Å². The molecule has 2 N–H and O–H groups in total. The monoisotopic (exact) mass is 271 g/mol. The minimum absolute atomic E-state index is 0.0970. The summed E-state index contributed by atoms with van der Waals surface area (Å²) in [6.45, 7) is 0.500. The molecule has 0 fully saturated rings. The summed E-state index contributed by atoms with van der Waals surface area (Å²) in [5.74, 6) is 1.22. The third-order valence-corrected chi connectivity index (χ3v) is 3.28. The van der Waals surface area contributed by atoms with Crippen LogP contribution in [0.3, 0.4) is 0 Å². The second-order valence-electron chi connectivity index (χ2n) is 4.66. The number of aryl methyl sites for hydroxylation is 1. The fourth-order valence-corrected chi connectivity index (χ4v) is 2.30. The molecule has 20 heavy (non-hydrogen) atoms. The van der Waals surface area contributed by atoms with Gasteiger partial charge in [-0.25, -0.2) is 0 Å². The molecule has 6 nitrogen and oxygen atoms in total. The normalized spacial score (nSPS) is 12.7. The van der Waals surface area contributed by atoms with Gasteiger partial charge in [-0.05, 0) is 24.3 Å². The van der Waals surface area contributed by atoms with Crippen molar-refractivity contribution in [3.05, 3.63) is 60.3 Å². The number of rotatable bonds is 5. The molecule has 3 rings (SSSR count). The zero-order valence-electron chi connectivity index (χ0n) is 11.3. The van der Waals surface area contributed by atoms with Gasteiger partial charge in [0.15, 0.2) is 0 Å². The first-order valence-corrected chi connectivity index (χ1v) is 6.56. The van der Waals surface area contributed by atoms with Gasteiger partial charge in [-0.1, -0.05) is 5.16 Å². The molecule has 0 aliphatic carbocycles. The molecule has 6 heteroatoms. The van der Waals surface area contributed by atoms with Gasteiger partial charge in [-0.15, -0.1) is 0 Å². The average molecular weight is 271 g/mol. The highest BCUT2D eigenvalue weighted by atomic mass is 16.5. The SMILES string of the molecule is Cn1cccc1[C@@H](c1noc(CCN)n1)n1cccc1. The number of aromatic nitrogens is 4. The van der Waals surface area contributed by atoms with Crippen molar-refractivity contribution in [2.75, 3.05) is 6.54 Å². The Morgan fingerprint density at radius 3 is 2.70 bits per heavy atom. The molecule has 0 unspecified atom stereocenters. The van der Waals surface area contributed by atoms with Crippen LogP contribution in [0, 0.1) is 0 Å². The lowest BCUT2D eigenvalue weighted by Gasteiger charge is -2.16. The van der Waals surface area contributed by atoms with Crippen molar-refractivity contribution in [3.8, 4) is 0 Å². The molecule has 0 spiro atoms. The fourth-order valence-electron chi connectivity index (χ4n) is 2.30. The summed E-state index contributed by atoms with van der Waals surface area (Å²) >= 11 is 0. The number of hydrogen-bond acceptors (Lipinski definition) is 4. The van der Waals surface area contributed by atoms with E-state index in [0.717, 1.165) is 5.69 Å². The molecule has 0 radical (unpaired) electrons.